The maximum atomic E-state index is 11.2. The Kier molecular flexibility index (Phi) is 11.9. The number of terminal acetylenes is 1. The van der Waals surface area contributed by atoms with Crippen LogP contribution in [0.2, 0.25) is 0 Å². The van der Waals surface area contributed by atoms with Crippen LogP contribution in [0.3, 0.4) is 0 Å². The second-order valence-electron chi connectivity index (χ2n) is 5.32. The third kappa shape index (κ3) is 11.5. The van der Waals surface area contributed by atoms with Crippen LogP contribution >= 0.6 is 0 Å². The Hall–Kier alpha value is -1.63. The van der Waals surface area contributed by atoms with Crippen LogP contribution in [0, 0.1) is 18.3 Å². The predicted octanol–water partition coefficient (Wildman–Crippen LogP) is 1.68. The molecule has 1 aliphatic rings. The fourth-order valence-corrected chi connectivity index (χ4v) is 2.39. The molecule has 0 radical (unpaired) electrons. The molecule has 1 saturated heterocycles. The first kappa shape index (κ1) is 23.4. The normalized spacial score (nSPS) is 21.3. The zero-order chi connectivity index (χ0) is 19.3. The molecule has 0 aromatic heterocycles. The van der Waals surface area contributed by atoms with Gasteiger partial charge in [0.1, 0.15) is 12.9 Å². The lowest BCUT2D eigenvalue weighted by atomic mass is 9.88. The molecule has 9 heteroatoms. The lowest BCUT2D eigenvalue weighted by Crippen LogP contribution is -2.48. The minimum absolute atomic E-state index is 0.0619. The molecule has 0 amide bonds. The Morgan fingerprint density at radius 3 is 2.60 bits per heavy atom. The lowest BCUT2D eigenvalue weighted by molar-refractivity contribution is -0.159. The summed E-state index contributed by atoms with van der Waals surface area (Å²) in [6, 6.07) is 0. The molecule has 1 heterocycles. The molecule has 3 unspecified atom stereocenters. The van der Waals surface area contributed by atoms with Gasteiger partial charge in [-0.3, -0.25) is 9.59 Å². The molecule has 144 valence electrons. The largest absolute Gasteiger partial charge is 0.462 e. The topological polar surface area (TPSA) is 73.9 Å². The zero-order valence-electron chi connectivity index (χ0n) is 14.3. The average molecular weight is 367 g/mol. The monoisotopic (exact) mass is 367 g/mol. The van der Waals surface area contributed by atoms with E-state index in [-0.39, 0.29) is 30.9 Å². The Morgan fingerprint density at radius 2 is 2.12 bits per heavy atom. The molecule has 0 saturated carbocycles. The quantitative estimate of drug-likeness (QED) is 0.319. The molecule has 1 aliphatic heterocycles. The van der Waals surface area contributed by atoms with Gasteiger partial charge in [-0.1, -0.05) is 0 Å². The van der Waals surface area contributed by atoms with Gasteiger partial charge in [0.25, 0.3) is 0 Å². The Bertz CT molecular complexity index is 436. The van der Waals surface area contributed by atoms with Crippen LogP contribution in [0.1, 0.15) is 26.2 Å². The summed E-state index contributed by atoms with van der Waals surface area (Å²) in [4.78, 5) is 19.9. The Balaban J connectivity index is 0.000000823. The molecule has 25 heavy (non-hydrogen) atoms. The van der Waals surface area contributed by atoms with Crippen LogP contribution in [0.25, 0.3) is 0 Å². The summed E-state index contributed by atoms with van der Waals surface area (Å²) in [7, 11) is 1.58. The Morgan fingerprint density at radius 1 is 1.48 bits per heavy atom. The molecule has 1 rings (SSSR count). The van der Waals surface area contributed by atoms with Gasteiger partial charge in [0.15, 0.2) is 0 Å². The minimum atomic E-state index is -4.64. The van der Waals surface area contributed by atoms with Gasteiger partial charge in [-0.2, -0.15) is 13.2 Å². The van der Waals surface area contributed by atoms with Gasteiger partial charge in [0.05, 0.1) is 6.10 Å². The highest BCUT2D eigenvalue weighted by molar-refractivity contribution is 5.66. The number of hydrogen-bond donors (Lipinski definition) is 1. The number of nitrogens with one attached hydrogen (secondary N) is 1. The van der Waals surface area contributed by atoms with Crippen LogP contribution in [-0.2, 0) is 23.8 Å². The zero-order valence-corrected chi connectivity index (χ0v) is 14.3. The third-order valence-electron chi connectivity index (χ3n) is 3.36. The first-order valence-electron chi connectivity index (χ1n) is 7.70. The van der Waals surface area contributed by atoms with Crippen LogP contribution < -0.4 is 5.32 Å². The molecular weight excluding hydrogens is 343 g/mol. The van der Waals surface area contributed by atoms with Crippen molar-refractivity contribution in [1.29, 1.82) is 0 Å². The molecule has 0 spiro atoms. The highest BCUT2D eigenvalue weighted by Crippen LogP contribution is 2.24. The molecule has 1 fully saturated rings. The van der Waals surface area contributed by atoms with Crippen molar-refractivity contribution < 1.29 is 37.0 Å². The lowest BCUT2D eigenvalue weighted by Gasteiger charge is -2.36. The standard InChI is InChI=1S/C14H23NO4.C2HF3O/c1-4-5-6-13(18-10-17-3)12-9-15-8-7-14(12)19-11(2)16;3-2(4,5)1-6/h1,12-15H,5-10H2,2-3H3;1H. The summed E-state index contributed by atoms with van der Waals surface area (Å²) < 4.78 is 47.3. The van der Waals surface area contributed by atoms with E-state index in [1.54, 1.807) is 7.11 Å². The summed E-state index contributed by atoms with van der Waals surface area (Å²) in [5, 5.41) is 3.31. The maximum absolute atomic E-state index is 11.2. The van der Waals surface area contributed by atoms with Crippen molar-refractivity contribution >= 4 is 12.3 Å². The van der Waals surface area contributed by atoms with Crippen LogP contribution in [0.15, 0.2) is 0 Å². The van der Waals surface area contributed by atoms with Crippen LogP contribution in [0.4, 0.5) is 13.2 Å². The second-order valence-corrected chi connectivity index (χ2v) is 5.32. The molecule has 1 N–H and O–H groups in total. The fraction of sp³-hybridized carbons (Fsp3) is 0.750. The maximum Gasteiger partial charge on any atom is 0.446 e. The highest BCUT2D eigenvalue weighted by Gasteiger charge is 2.34. The SMILES string of the molecule is C#CCCC(OCOC)C1CNCCC1OC(C)=O.O=CC(F)(F)F. The van der Waals surface area contributed by atoms with Crippen molar-refractivity contribution in [3.8, 4) is 12.3 Å². The number of alkyl halides is 3. The fourth-order valence-electron chi connectivity index (χ4n) is 2.39. The van der Waals surface area contributed by atoms with Gasteiger partial charge in [-0.25, -0.2) is 0 Å². The first-order chi connectivity index (χ1) is 11.7. The van der Waals surface area contributed by atoms with Gasteiger partial charge in [-0.05, 0) is 19.4 Å². The van der Waals surface area contributed by atoms with E-state index in [1.165, 1.54) is 6.92 Å². The van der Waals surface area contributed by atoms with Gasteiger partial charge >= 0.3 is 12.1 Å². The van der Waals surface area contributed by atoms with Crippen molar-refractivity contribution in [2.24, 2.45) is 5.92 Å². The van der Waals surface area contributed by atoms with E-state index in [4.69, 9.17) is 25.4 Å². The minimum Gasteiger partial charge on any atom is -0.462 e. The predicted molar refractivity (Wildman–Crippen MR) is 83.5 cm³/mol. The summed E-state index contributed by atoms with van der Waals surface area (Å²) in [5.74, 6) is 2.48. The smallest absolute Gasteiger partial charge is 0.446 e. The van der Waals surface area contributed by atoms with Gasteiger partial charge < -0.3 is 19.5 Å². The second kappa shape index (κ2) is 12.7. The highest BCUT2D eigenvalue weighted by atomic mass is 19.4. The number of esters is 1. The molecule has 6 nitrogen and oxygen atoms in total. The van der Waals surface area contributed by atoms with E-state index in [2.05, 4.69) is 11.2 Å². The summed E-state index contributed by atoms with van der Waals surface area (Å²) in [6.45, 7) is 3.27. The van der Waals surface area contributed by atoms with Gasteiger partial charge in [0, 0.05) is 32.9 Å². The molecule has 0 bridgehead atoms. The van der Waals surface area contributed by atoms with E-state index in [0.717, 1.165) is 25.9 Å². The molecule has 3 atom stereocenters. The number of carbonyl (C=O) groups is 2. The summed E-state index contributed by atoms with van der Waals surface area (Å²) in [5.41, 5.74) is 0. The summed E-state index contributed by atoms with van der Waals surface area (Å²) >= 11 is 0. The van der Waals surface area contributed by atoms with Crippen molar-refractivity contribution in [1.82, 2.24) is 5.32 Å². The third-order valence-corrected chi connectivity index (χ3v) is 3.36. The summed E-state index contributed by atoms with van der Waals surface area (Å²) in [6.07, 6.45) is 1.61. The number of piperidine rings is 1. The van der Waals surface area contributed by atoms with Crippen LogP contribution in [0.5, 0.6) is 0 Å². The van der Waals surface area contributed by atoms with Crippen molar-refractivity contribution in [3.05, 3.63) is 0 Å². The van der Waals surface area contributed by atoms with E-state index in [9.17, 15) is 18.0 Å². The van der Waals surface area contributed by atoms with E-state index < -0.39 is 12.5 Å². The number of aldehydes is 1. The molecule has 0 aliphatic carbocycles. The van der Waals surface area contributed by atoms with Crippen molar-refractivity contribution in [3.63, 3.8) is 0 Å². The van der Waals surface area contributed by atoms with Crippen molar-refractivity contribution in [2.75, 3.05) is 27.0 Å². The van der Waals surface area contributed by atoms with Crippen LogP contribution in [-0.4, -0.2) is 57.6 Å². The van der Waals surface area contributed by atoms with E-state index in [1.807, 2.05) is 0 Å². The van der Waals surface area contributed by atoms with Gasteiger partial charge in [-0.15, -0.1) is 12.3 Å². The number of rotatable bonds is 7. The first-order valence-corrected chi connectivity index (χ1v) is 7.70. The molecule has 0 aromatic rings. The average Bonchev–Trinajstić information content (AvgIpc) is 2.55. The number of hydrogen-bond acceptors (Lipinski definition) is 6. The van der Waals surface area contributed by atoms with Crippen molar-refractivity contribution in [2.45, 2.75) is 44.6 Å². The number of ether oxygens (including phenoxy) is 3. The molecule has 0 aromatic carbocycles. The number of halogens is 3. The Labute approximate surface area is 145 Å². The van der Waals surface area contributed by atoms with E-state index in [0.29, 0.717) is 6.42 Å². The van der Waals surface area contributed by atoms with Gasteiger partial charge in [0.2, 0.25) is 6.29 Å². The van der Waals surface area contributed by atoms with E-state index >= 15 is 0 Å². The number of methoxy groups -OCH3 is 1. The number of carbonyl (C=O) groups excluding carboxylic acids is 2. The molecular formula is C16H24F3NO5.